The summed E-state index contributed by atoms with van der Waals surface area (Å²) in [6, 6.07) is -0.901. The van der Waals surface area contributed by atoms with E-state index in [0.717, 1.165) is 7.11 Å². The second kappa shape index (κ2) is 12.0. The van der Waals surface area contributed by atoms with E-state index in [9.17, 15) is 14.4 Å². The summed E-state index contributed by atoms with van der Waals surface area (Å²) in [5, 5.41) is 15.1. The highest BCUT2D eigenvalue weighted by atomic mass is 16.8. The van der Waals surface area contributed by atoms with Gasteiger partial charge in [0.2, 0.25) is 0 Å². The molecular weight excluding hydrogens is 314 g/mol. The Morgan fingerprint density at radius 2 is 1.78 bits per heavy atom. The van der Waals surface area contributed by atoms with Crippen molar-refractivity contribution in [3.63, 3.8) is 0 Å². The highest BCUT2D eigenvalue weighted by molar-refractivity contribution is 5.85. The third-order valence-electron chi connectivity index (χ3n) is 2.45. The molecule has 0 heterocycles. The van der Waals surface area contributed by atoms with Crippen LogP contribution in [0, 0.1) is 0 Å². The second-order valence-corrected chi connectivity index (χ2v) is 4.20. The number of oxime groups is 1. The molecule has 0 aromatic carbocycles. The third-order valence-corrected chi connectivity index (χ3v) is 2.45. The van der Waals surface area contributed by atoms with Gasteiger partial charge in [0.15, 0.2) is 0 Å². The van der Waals surface area contributed by atoms with E-state index in [4.69, 9.17) is 5.11 Å². The first-order valence-corrected chi connectivity index (χ1v) is 6.67. The van der Waals surface area contributed by atoms with Gasteiger partial charge in [0, 0.05) is 6.54 Å². The van der Waals surface area contributed by atoms with Crippen LogP contribution < -0.4 is 10.8 Å². The maximum absolute atomic E-state index is 11.1. The fraction of sp³-hybridized carbons (Fsp3) is 0.667. The number of nitrogens with one attached hydrogen (secondary N) is 2. The number of amidine groups is 1. The van der Waals surface area contributed by atoms with Gasteiger partial charge in [-0.05, 0) is 26.2 Å². The topological polar surface area (TPSA) is 145 Å². The molecule has 0 aliphatic heterocycles. The zero-order chi connectivity index (χ0) is 17.7. The van der Waals surface area contributed by atoms with E-state index >= 15 is 0 Å². The van der Waals surface area contributed by atoms with E-state index in [1.807, 2.05) is 0 Å². The number of rotatable bonds is 9. The van der Waals surface area contributed by atoms with Crippen LogP contribution in [0.1, 0.15) is 26.2 Å². The van der Waals surface area contributed by atoms with Crippen LogP contribution in [-0.2, 0) is 23.9 Å². The Morgan fingerprint density at radius 3 is 2.35 bits per heavy atom. The minimum Gasteiger partial charge on any atom is -0.480 e. The Morgan fingerprint density at radius 1 is 1.13 bits per heavy atom. The molecule has 0 spiro atoms. The fourth-order valence-electron chi connectivity index (χ4n) is 1.38. The second-order valence-electron chi connectivity index (χ2n) is 4.20. The summed E-state index contributed by atoms with van der Waals surface area (Å²) < 4.78 is 8.47. The van der Waals surface area contributed by atoms with Gasteiger partial charge in [-0.25, -0.2) is 14.4 Å². The molecule has 0 saturated heterocycles. The number of unbranched alkanes of at least 4 members (excludes halogenated alkanes) is 1. The van der Waals surface area contributed by atoms with Crippen molar-refractivity contribution in [3.05, 3.63) is 0 Å². The Bertz CT molecular complexity index is 427. The molecule has 0 aromatic rings. The van der Waals surface area contributed by atoms with Crippen molar-refractivity contribution in [1.29, 1.82) is 0 Å². The molecule has 0 radical (unpaired) electrons. The van der Waals surface area contributed by atoms with Gasteiger partial charge in [0.25, 0.3) is 0 Å². The van der Waals surface area contributed by atoms with Gasteiger partial charge in [-0.2, -0.15) is 0 Å². The predicted molar refractivity (Wildman–Crippen MR) is 76.5 cm³/mol. The molecule has 11 nitrogen and oxygen atoms in total. The maximum atomic E-state index is 11.1. The van der Waals surface area contributed by atoms with Gasteiger partial charge in [-0.3, -0.25) is 4.84 Å². The van der Waals surface area contributed by atoms with Crippen LogP contribution >= 0.6 is 0 Å². The summed E-state index contributed by atoms with van der Waals surface area (Å²) in [7, 11) is 2.31. The highest BCUT2D eigenvalue weighted by Gasteiger charge is 2.17. The number of carbonyl (C=O) groups excluding carboxylic acids is 2. The molecule has 0 amide bonds. The number of hydrogen-bond donors (Lipinski definition) is 3. The van der Waals surface area contributed by atoms with Crippen molar-refractivity contribution in [2.24, 2.45) is 5.16 Å². The minimum absolute atomic E-state index is 0.120. The quantitative estimate of drug-likeness (QED) is 0.137. The number of carboxylic acids is 1. The van der Waals surface area contributed by atoms with E-state index in [2.05, 4.69) is 35.1 Å². The average Bonchev–Trinajstić information content (AvgIpc) is 2.53. The number of methoxy groups -OCH3 is 2. The van der Waals surface area contributed by atoms with Gasteiger partial charge in [-0.15, -0.1) is 5.48 Å². The lowest BCUT2D eigenvalue weighted by Crippen LogP contribution is -2.39. The van der Waals surface area contributed by atoms with Gasteiger partial charge >= 0.3 is 18.3 Å². The molecular formula is C12H21N3O8. The SMILES string of the molecule is COC(=O)O/N=C(/C)N[C@@H](CCCCNOC(=O)OC)C(=O)O. The van der Waals surface area contributed by atoms with Crippen molar-refractivity contribution in [3.8, 4) is 0 Å². The van der Waals surface area contributed by atoms with Gasteiger partial charge in [0.1, 0.15) is 11.9 Å². The number of aliphatic carboxylic acids is 1. The molecule has 1 atom stereocenters. The zero-order valence-corrected chi connectivity index (χ0v) is 13.2. The average molecular weight is 335 g/mol. The lowest BCUT2D eigenvalue weighted by molar-refractivity contribution is -0.139. The molecule has 0 aromatic heterocycles. The van der Waals surface area contributed by atoms with Crippen LogP contribution in [0.3, 0.4) is 0 Å². The summed E-state index contributed by atoms with van der Waals surface area (Å²) >= 11 is 0. The normalized spacial score (nSPS) is 12.0. The smallest absolute Gasteiger partial charge is 0.480 e. The van der Waals surface area contributed by atoms with Gasteiger partial charge in [-0.1, -0.05) is 5.16 Å². The minimum atomic E-state index is -1.07. The van der Waals surface area contributed by atoms with Crippen LogP contribution in [0.2, 0.25) is 0 Å². The van der Waals surface area contributed by atoms with Crippen molar-refractivity contribution in [2.75, 3.05) is 20.8 Å². The maximum Gasteiger partial charge on any atom is 0.534 e. The molecule has 3 N–H and O–H groups in total. The number of carboxylic acid groups (broad SMARTS) is 1. The van der Waals surface area contributed by atoms with E-state index < -0.39 is 24.3 Å². The van der Waals surface area contributed by atoms with Crippen molar-refractivity contribution < 1.29 is 38.6 Å². The van der Waals surface area contributed by atoms with E-state index in [0.29, 0.717) is 25.8 Å². The fourth-order valence-corrected chi connectivity index (χ4v) is 1.38. The molecule has 11 heteroatoms. The highest BCUT2D eigenvalue weighted by Crippen LogP contribution is 2.02. The Hall–Kier alpha value is -2.56. The number of hydrogen-bond acceptors (Lipinski definition) is 9. The molecule has 0 aliphatic rings. The van der Waals surface area contributed by atoms with Gasteiger partial charge in [0.05, 0.1) is 14.2 Å². The number of nitrogens with zero attached hydrogens (tertiary/aromatic N) is 1. The third kappa shape index (κ3) is 10.8. The molecule has 0 unspecified atom stereocenters. The molecule has 0 aliphatic carbocycles. The number of carbonyl (C=O) groups is 3. The summed E-state index contributed by atoms with van der Waals surface area (Å²) in [6.45, 7) is 1.80. The number of ether oxygens (including phenoxy) is 2. The monoisotopic (exact) mass is 335 g/mol. The molecule has 0 rings (SSSR count). The van der Waals surface area contributed by atoms with E-state index in [-0.39, 0.29) is 5.84 Å². The Balaban J connectivity index is 4.05. The van der Waals surface area contributed by atoms with Crippen LogP contribution in [0.15, 0.2) is 5.16 Å². The van der Waals surface area contributed by atoms with Crippen molar-refractivity contribution >= 4 is 24.1 Å². The zero-order valence-electron chi connectivity index (χ0n) is 13.2. The Kier molecular flexibility index (Phi) is 10.7. The molecule has 0 fully saturated rings. The number of hydroxylamine groups is 1. The summed E-state index contributed by atoms with van der Waals surface area (Å²) in [4.78, 5) is 41.3. The molecule has 23 heavy (non-hydrogen) atoms. The first-order valence-electron chi connectivity index (χ1n) is 6.67. The molecule has 0 bridgehead atoms. The summed E-state index contributed by atoms with van der Waals surface area (Å²) in [5.41, 5.74) is 2.38. The standard InChI is InChI=1S/C12H21N3O8/c1-8(15-23-12(19)21-3)14-9(10(16)17)6-4-5-7-13-22-11(18)20-2/h9,13H,4-7H2,1-3H3,(H,14,15)(H,16,17)/t9-/m0/s1. The molecule has 0 saturated carbocycles. The van der Waals surface area contributed by atoms with Crippen LogP contribution in [0.25, 0.3) is 0 Å². The largest absolute Gasteiger partial charge is 0.534 e. The lowest BCUT2D eigenvalue weighted by atomic mass is 10.1. The Labute approximate surface area is 132 Å². The van der Waals surface area contributed by atoms with Gasteiger partial charge < -0.3 is 24.7 Å². The van der Waals surface area contributed by atoms with Crippen LogP contribution in [0.4, 0.5) is 9.59 Å². The lowest BCUT2D eigenvalue weighted by Gasteiger charge is -2.14. The van der Waals surface area contributed by atoms with Crippen LogP contribution in [-0.4, -0.2) is 56.0 Å². The first-order chi connectivity index (χ1) is 10.9. The summed E-state index contributed by atoms with van der Waals surface area (Å²) in [6.07, 6.45) is -0.466. The summed E-state index contributed by atoms with van der Waals surface area (Å²) in [5.74, 6) is -0.952. The van der Waals surface area contributed by atoms with E-state index in [1.165, 1.54) is 14.0 Å². The van der Waals surface area contributed by atoms with Crippen LogP contribution in [0.5, 0.6) is 0 Å². The molecule has 132 valence electrons. The first kappa shape index (κ1) is 20.4. The predicted octanol–water partition coefficient (Wildman–Crippen LogP) is 0.604. The van der Waals surface area contributed by atoms with Crippen molar-refractivity contribution in [1.82, 2.24) is 10.8 Å². The van der Waals surface area contributed by atoms with E-state index in [1.54, 1.807) is 0 Å². The van der Waals surface area contributed by atoms with Crippen molar-refractivity contribution in [2.45, 2.75) is 32.2 Å².